The molecule has 0 aromatic heterocycles. The third-order valence-corrected chi connectivity index (χ3v) is 4.00. The fourth-order valence-electron chi connectivity index (χ4n) is 2.41. The van der Waals surface area contributed by atoms with Gasteiger partial charge in [0, 0.05) is 19.6 Å². The Morgan fingerprint density at radius 1 is 1.30 bits per heavy atom. The quantitative estimate of drug-likeness (QED) is 0.895. The summed E-state index contributed by atoms with van der Waals surface area (Å²) in [6, 6.07) is 4.09. The van der Waals surface area contributed by atoms with Gasteiger partial charge in [0.05, 0.1) is 11.0 Å². The number of hydrogen-bond donors (Lipinski definition) is 2. The second kappa shape index (κ2) is 6.10. The van der Waals surface area contributed by atoms with E-state index in [1.165, 1.54) is 17.0 Å². The number of carbonyl (C=O) groups is 2. The molecule has 0 saturated carbocycles. The lowest BCUT2D eigenvalue weighted by Gasteiger charge is -2.20. The van der Waals surface area contributed by atoms with Gasteiger partial charge in [-0.3, -0.25) is 4.79 Å². The molecule has 1 unspecified atom stereocenters. The molecular formula is C15H17F3N2O3. The Bertz CT molecular complexity index is 601. The largest absolute Gasteiger partial charge is 0.481 e. The molecule has 0 radical (unpaired) electrons. The molecule has 1 aliphatic rings. The number of likely N-dealkylation sites (tertiary alicyclic amines) is 1. The van der Waals surface area contributed by atoms with Gasteiger partial charge in [-0.1, -0.05) is 12.1 Å². The molecule has 0 bridgehead atoms. The van der Waals surface area contributed by atoms with E-state index < -0.39 is 29.2 Å². The van der Waals surface area contributed by atoms with Crippen LogP contribution < -0.4 is 5.32 Å². The SMILES string of the molecule is CC1(C(=O)O)CCN(C(=O)NCc2ccc(C(F)(F)F)cc2)C1. The Kier molecular flexibility index (Phi) is 4.53. The van der Waals surface area contributed by atoms with Crippen molar-refractivity contribution in [3.8, 4) is 0 Å². The smallest absolute Gasteiger partial charge is 0.416 e. The molecule has 1 aromatic carbocycles. The molecule has 1 heterocycles. The van der Waals surface area contributed by atoms with E-state index in [1.54, 1.807) is 6.92 Å². The number of alkyl halides is 3. The second-order valence-electron chi connectivity index (χ2n) is 5.89. The van der Waals surface area contributed by atoms with Gasteiger partial charge in [-0.05, 0) is 31.0 Å². The van der Waals surface area contributed by atoms with Crippen molar-refractivity contribution < 1.29 is 27.9 Å². The van der Waals surface area contributed by atoms with Gasteiger partial charge in [-0.2, -0.15) is 13.2 Å². The van der Waals surface area contributed by atoms with Crippen molar-refractivity contribution in [1.82, 2.24) is 10.2 Å². The van der Waals surface area contributed by atoms with Crippen LogP contribution in [0.1, 0.15) is 24.5 Å². The molecule has 1 fully saturated rings. The number of nitrogens with zero attached hydrogens (tertiary/aromatic N) is 1. The highest BCUT2D eigenvalue weighted by Crippen LogP contribution is 2.30. The van der Waals surface area contributed by atoms with E-state index in [1.807, 2.05) is 0 Å². The van der Waals surface area contributed by atoms with Crippen LogP contribution in [0.3, 0.4) is 0 Å². The highest BCUT2D eigenvalue weighted by atomic mass is 19.4. The van der Waals surface area contributed by atoms with Crippen LogP contribution in [0.2, 0.25) is 0 Å². The molecular weight excluding hydrogens is 313 g/mol. The van der Waals surface area contributed by atoms with Crippen LogP contribution in [0.5, 0.6) is 0 Å². The van der Waals surface area contributed by atoms with E-state index >= 15 is 0 Å². The molecule has 0 aliphatic carbocycles. The van der Waals surface area contributed by atoms with Crippen molar-refractivity contribution in [2.24, 2.45) is 5.41 Å². The van der Waals surface area contributed by atoms with Crippen LogP contribution in [-0.2, 0) is 17.5 Å². The number of urea groups is 1. The van der Waals surface area contributed by atoms with Gasteiger partial charge in [-0.25, -0.2) is 4.79 Å². The lowest BCUT2D eigenvalue weighted by atomic mass is 9.90. The summed E-state index contributed by atoms with van der Waals surface area (Å²) in [5.74, 6) is -0.949. The standard InChI is InChI=1S/C15H17F3N2O3/c1-14(12(21)22)6-7-20(9-14)13(23)19-8-10-2-4-11(5-3-10)15(16,17)18/h2-5H,6-9H2,1H3,(H,19,23)(H,21,22). The number of nitrogens with one attached hydrogen (secondary N) is 1. The van der Waals surface area contributed by atoms with Crippen LogP contribution in [0.4, 0.5) is 18.0 Å². The van der Waals surface area contributed by atoms with Gasteiger partial charge in [0.2, 0.25) is 0 Å². The molecule has 1 saturated heterocycles. The predicted octanol–water partition coefficient (Wildman–Crippen LogP) is 2.71. The van der Waals surface area contributed by atoms with E-state index in [9.17, 15) is 22.8 Å². The maximum Gasteiger partial charge on any atom is 0.416 e. The zero-order chi connectivity index (χ0) is 17.3. The van der Waals surface area contributed by atoms with Crippen molar-refractivity contribution in [1.29, 1.82) is 0 Å². The number of carboxylic acids is 1. The third-order valence-electron chi connectivity index (χ3n) is 4.00. The van der Waals surface area contributed by atoms with Gasteiger partial charge in [0.1, 0.15) is 0 Å². The monoisotopic (exact) mass is 330 g/mol. The molecule has 2 amide bonds. The van der Waals surface area contributed by atoms with Gasteiger partial charge in [0.15, 0.2) is 0 Å². The molecule has 1 aliphatic heterocycles. The zero-order valence-corrected chi connectivity index (χ0v) is 12.5. The van der Waals surface area contributed by atoms with Crippen molar-refractivity contribution in [3.05, 3.63) is 35.4 Å². The minimum Gasteiger partial charge on any atom is -0.481 e. The summed E-state index contributed by atoms with van der Waals surface area (Å²) in [6.45, 7) is 2.11. The van der Waals surface area contributed by atoms with Crippen molar-refractivity contribution in [2.45, 2.75) is 26.1 Å². The Morgan fingerprint density at radius 3 is 2.39 bits per heavy atom. The van der Waals surface area contributed by atoms with E-state index in [-0.39, 0.29) is 13.1 Å². The molecule has 1 atom stereocenters. The first-order chi connectivity index (χ1) is 10.6. The zero-order valence-electron chi connectivity index (χ0n) is 12.5. The highest BCUT2D eigenvalue weighted by Gasteiger charge is 2.42. The summed E-state index contributed by atoms with van der Waals surface area (Å²) in [7, 11) is 0. The molecule has 23 heavy (non-hydrogen) atoms. The average Bonchev–Trinajstić information content (AvgIpc) is 2.88. The lowest BCUT2D eigenvalue weighted by molar-refractivity contribution is -0.147. The number of benzene rings is 1. The molecule has 5 nitrogen and oxygen atoms in total. The van der Waals surface area contributed by atoms with E-state index in [0.29, 0.717) is 18.5 Å². The summed E-state index contributed by atoms with van der Waals surface area (Å²) < 4.78 is 37.4. The minimum absolute atomic E-state index is 0.0806. The molecule has 2 N–H and O–H groups in total. The maximum atomic E-state index is 12.5. The van der Waals surface area contributed by atoms with Crippen LogP contribution >= 0.6 is 0 Å². The number of amides is 2. The fourth-order valence-corrected chi connectivity index (χ4v) is 2.41. The summed E-state index contributed by atoms with van der Waals surface area (Å²) in [6.07, 6.45) is -4.02. The van der Waals surface area contributed by atoms with Crippen LogP contribution in [-0.4, -0.2) is 35.1 Å². The Labute approximate surface area is 131 Å². The number of carboxylic acid groups (broad SMARTS) is 1. The summed E-state index contributed by atoms with van der Waals surface area (Å²) in [4.78, 5) is 24.5. The van der Waals surface area contributed by atoms with Gasteiger partial charge < -0.3 is 15.3 Å². The average molecular weight is 330 g/mol. The third kappa shape index (κ3) is 3.94. The number of halogens is 3. The van der Waals surface area contributed by atoms with E-state index in [2.05, 4.69) is 5.32 Å². The van der Waals surface area contributed by atoms with Crippen molar-refractivity contribution in [3.63, 3.8) is 0 Å². The summed E-state index contributed by atoms with van der Waals surface area (Å²) >= 11 is 0. The fraction of sp³-hybridized carbons (Fsp3) is 0.467. The topological polar surface area (TPSA) is 69.6 Å². The minimum atomic E-state index is -4.39. The highest BCUT2D eigenvalue weighted by molar-refractivity contribution is 5.79. The Morgan fingerprint density at radius 2 is 1.91 bits per heavy atom. The summed E-state index contributed by atoms with van der Waals surface area (Å²) in [5, 5.41) is 11.7. The molecule has 8 heteroatoms. The van der Waals surface area contributed by atoms with Gasteiger partial charge in [-0.15, -0.1) is 0 Å². The maximum absolute atomic E-state index is 12.5. The number of rotatable bonds is 3. The first kappa shape index (κ1) is 17.1. The van der Waals surface area contributed by atoms with Crippen LogP contribution in [0, 0.1) is 5.41 Å². The number of carbonyl (C=O) groups excluding carboxylic acids is 1. The Hall–Kier alpha value is -2.25. The van der Waals surface area contributed by atoms with E-state index in [0.717, 1.165) is 12.1 Å². The predicted molar refractivity (Wildman–Crippen MR) is 75.6 cm³/mol. The van der Waals surface area contributed by atoms with E-state index in [4.69, 9.17) is 5.11 Å². The summed E-state index contributed by atoms with van der Waals surface area (Å²) in [5.41, 5.74) is -1.16. The first-order valence-corrected chi connectivity index (χ1v) is 7.04. The Balaban J connectivity index is 1.89. The molecule has 2 rings (SSSR count). The second-order valence-corrected chi connectivity index (χ2v) is 5.89. The van der Waals surface area contributed by atoms with Crippen LogP contribution in [0.25, 0.3) is 0 Å². The molecule has 126 valence electrons. The van der Waals surface area contributed by atoms with Crippen molar-refractivity contribution in [2.75, 3.05) is 13.1 Å². The normalized spacial score (nSPS) is 21.3. The molecule has 0 spiro atoms. The van der Waals surface area contributed by atoms with Crippen LogP contribution in [0.15, 0.2) is 24.3 Å². The van der Waals surface area contributed by atoms with Gasteiger partial charge in [0.25, 0.3) is 0 Å². The molecule has 1 aromatic rings. The first-order valence-electron chi connectivity index (χ1n) is 7.04. The van der Waals surface area contributed by atoms with Crippen molar-refractivity contribution >= 4 is 12.0 Å². The number of hydrogen-bond acceptors (Lipinski definition) is 2. The lowest BCUT2D eigenvalue weighted by Crippen LogP contribution is -2.40. The van der Waals surface area contributed by atoms with Gasteiger partial charge >= 0.3 is 18.2 Å². The number of aliphatic carboxylic acids is 1.